The van der Waals surface area contributed by atoms with Gasteiger partial charge in [-0.25, -0.2) is 0 Å². The first kappa shape index (κ1) is 13.0. The van der Waals surface area contributed by atoms with Crippen LogP contribution in [0.2, 0.25) is 0 Å². The summed E-state index contributed by atoms with van der Waals surface area (Å²) in [6.07, 6.45) is 1.81. The normalized spacial score (nSPS) is 21.9. The van der Waals surface area contributed by atoms with Crippen LogP contribution >= 0.6 is 11.8 Å². The third-order valence-corrected chi connectivity index (χ3v) is 4.44. The number of thioether (sulfide) groups is 1. The molecule has 1 fully saturated rings. The van der Waals surface area contributed by atoms with E-state index in [1.165, 1.54) is 23.6 Å². The van der Waals surface area contributed by atoms with Crippen molar-refractivity contribution >= 4 is 11.8 Å². The molecule has 1 aliphatic heterocycles. The third kappa shape index (κ3) is 3.50. The van der Waals surface area contributed by atoms with E-state index < -0.39 is 0 Å². The molecule has 0 saturated carbocycles. The summed E-state index contributed by atoms with van der Waals surface area (Å²) < 4.78 is 5.62. The van der Waals surface area contributed by atoms with Crippen molar-refractivity contribution in [1.29, 1.82) is 0 Å². The van der Waals surface area contributed by atoms with Crippen LogP contribution in [0.25, 0.3) is 0 Å². The molecule has 3 nitrogen and oxygen atoms in total. The van der Waals surface area contributed by atoms with E-state index in [4.69, 9.17) is 4.42 Å². The van der Waals surface area contributed by atoms with Gasteiger partial charge in [0, 0.05) is 36.2 Å². The highest BCUT2D eigenvalue weighted by Crippen LogP contribution is 2.20. The van der Waals surface area contributed by atoms with E-state index >= 15 is 0 Å². The summed E-state index contributed by atoms with van der Waals surface area (Å²) in [5.41, 5.74) is 1.30. The monoisotopic (exact) mass is 254 g/mol. The number of rotatable bonds is 5. The summed E-state index contributed by atoms with van der Waals surface area (Å²) in [5.74, 6) is 3.61. The Labute approximate surface area is 108 Å². The highest BCUT2D eigenvalue weighted by Gasteiger charge is 2.20. The molecule has 0 spiro atoms. The van der Waals surface area contributed by atoms with E-state index in [0.29, 0.717) is 6.04 Å². The predicted molar refractivity (Wildman–Crippen MR) is 73.3 cm³/mol. The van der Waals surface area contributed by atoms with E-state index in [1.807, 2.05) is 6.26 Å². The van der Waals surface area contributed by atoms with Crippen LogP contribution in [0.1, 0.15) is 25.2 Å². The molecule has 96 valence electrons. The third-order valence-electron chi connectivity index (χ3n) is 3.26. The van der Waals surface area contributed by atoms with Gasteiger partial charge in [-0.1, -0.05) is 6.92 Å². The molecule has 0 aliphatic carbocycles. The molecular weight excluding hydrogens is 232 g/mol. The number of nitrogens with one attached hydrogen (secondary N) is 1. The molecule has 2 rings (SSSR count). The Morgan fingerprint density at radius 3 is 3.24 bits per heavy atom. The highest BCUT2D eigenvalue weighted by molar-refractivity contribution is 7.99. The summed E-state index contributed by atoms with van der Waals surface area (Å²) in [6, 6.07) is 2.74. The van der Waals surface area contributed by atoms with Gasteiger partial charge in [-0.05, 0) is 19.5 Å². The van der Waals surface area contributed by atoms with Gasteiger partial charge >= 0.3 is 0 Å². The standard InChI is InChI=1S/C13H22N2OS/c1-3-14-8-12-4-6-16-13(12)9-15-5-7-17-10-11(15)2/h4,6,11,14H,3,5,7-10H2,1-2H3. The zero-order valence-electron chi connectivity index (χ0n) is 10.7. The number of hydrogen-bond acceptors (Lipinski definition) is 4. The average molecular weight is 254 g/mol. The van der Waals surface area contributed by atoms with Crippen LogP contribution in [0.3, 0.4) is 0 Å². The molecule has 1 N–H and O–H groups in total. The predicted octanol–water partition coefficient (Wildman–Crippen LogP) is 2.33. The Kier molecular flexibility index (Phi) is 4.95. The first-order valence-electron chi connectivity index (χ1n) is 6.39. The van der Waals surface area contributed by atoms with Crippen molar-refractivity contribution in [3.05, 3.63) is 23.7 Å². The molecule has 0 radical (unpaired) electrons. The van der Waals surface area contributed by atoms with Crippen LogP contribution < -0.4 is 5.32 Å². The first-order valence-corrected chi connectivity index (χ1v) is 7.54. The highest BCUT2D eigenvalue weighted by atomic mass is 32.2. The summed E-state index contributed by atoms with van der Waals surface area (Å²) in [6.45, 7) is 8.48. The minimum Gasteiger partial charge on any atom is -0.468 e. The number of furan rings is 1. The van der Waals surface area contributed by atoms with Gasteiger partial charge in [0.25, 0.3) is 0 Å². The van der Waals surface area contributed by atoms with Gasteiger partial charge in [-0.2, -0.15) is 11.8 Å². The lowest BCUT2D eigenvalue weighted by atomic mass is 10.2. The summed E-state index contributed by atoms with van der Waals surface area (Å²) in [4.78, 5) is 2.52. The fourth-order valence-corrected chi connectivity index (χ4v) is 3.19. The van der Waals surface area contributed by atoms with Crippen molar-refractivity contribution in [1.82, 2.24) is 10.2 Å². The van der Waals surface area contributed by atoms with Crippen molar-refractivity contribution in [2.45, 2.75) is 33.0 Å². The van der Waals surface area contributed by atoms with Crippen LogP contribution in [-0.4, -0.2) is 35.5 Å². The Hall–Kier alpha value is -0.450. The molecule has 4 heteroatoms. The van der Waals surface area contributed by atoms with Gasteiger partial charge in [0.05, 0.1) is 12.8 Å². The fraction of sp³-hybridized carbons (Fsp3) is 0.692. The van der Waals surface area contributed by atoms with Crippen LogP contribution in [0.4, 0.5) is 0 Å². The Morgan fingerprint density at radius 2 is 2.47 bits per heavy atom. The van der Waals surface area contributed by atoms with Crippen LogP contribution in [0, 0.1) is 0 Å². The van der Waals surface area contributed by atoms with E-state index in [2.05, 4.69) is 41.9 Å². The van der Waals surface area contributed by atoms with Gasteiger partial charge in [-0.15, -0.1) is 0 Å². The molecule has 0 amide bonds. The number of nitrogens with zero attached hydrogens (tertiary/aromatic N) is 1. The van der Waals surface area contributed by atoms with Gasteiger partial charge in [0.1, 0.15) is 5.76 Å². The van der Waals surface area contributed by atoms with Crippen molar-refractivity contribution in [2.75, 3.05) is 24.6 Å². The molecule has 1 aromatic rings. The van der Waals surface area contributed by atoms with Crippen LogP contribution in [-0.2, 0) is 13.1 Å². The first-order chi connectivity index (χ1) is 8.31. The van der Waals surface area contributed by atoms with Crippen molar-refractivity contribution in [3.8, 4) is 0 Å². The molecular formula is C13H22N2OS. The second-order valence-electron chi connectivity index (χ2n) is 4.54. The van der Waals surface area contributed by atoms with Crippen LogP contribution in [0.5, 0.6) is 0 Å². The second kappa shape index (κ2) is 6.47. The average Bonchev–Trinajstić information content (AvgIpc) is 2.77. The van der Waals surface area contributed by atoms with Crippen molar-refractivity contribution in [3.63, 3.8) is 0 Å². The van der Waals surface area contributed by atoms with Crippen molar-refractivity contribution in [2.24, 2.45) is 0 Å². The molecule has 1 unspecified atom stereocenters. The largest absolute Gasteiger partial charge is 0.468 e. The molecule has 2 heterocycles. The quantitative estimate of drug-likeness (QED) is 0.873. The summed E-state index contributed by atoms with van der Waals surface area (Å²) in [5, 5.41) is 3.36. The molecule has 1 aliphatic rings. The van der Waals surface area contributed by atoms with Crippen molar-refractivity contribution < 1.29 is 4.42 Å². The molecule has 17 heavy (non-hydrogen) atoms. The fourth-order valence-electron chi connectivity index (χ4n) is 2.10. The lowest BCUT2D eigenvalue weighted by Crippen LogP contribution is -2.39. The van der Waals surface area contributed by atoms with E-state index in [-0.39, 0.29) is 0 Å². The molecule has 0 aromatic carbocycles. The van der Waals surface area contributed by atoms with E-state index in [9.17, 15) is 0 Å². The van der Waals surface area contributed by atoms with Gasteiger partial charge in [-0.3, -0.25) is 4.90 Å². The Bertz CT molecular complexity index is 340. The smallest absolute Gasteiger partial charge is 0.122 e. The lowest BCUT2D eigenvalue weighted by molar-refractivity contribution is 0.205. The minimum absolute atomic E-state index is 0.658. The molecule has 1 atom stereocenters. The summed E-state index contributed by atoms with van der Waals surface area (Å²) >= 11 is 2.05. The Morgan fingerprint density at radius 1 is 1.59 bits per heavy atom. The minimum atomic E-state index is 0.658. The Balaban J connectivity index is 1.95. The lowest BCUT2D eigenvalue weighted by Gasteiger charge is -2.32. The van der Waals surface area contributed by atoms with Crippen LogP contribution in [0.15, 0.2) is 16.7 Å². The van der Waals surface area contributed by atoms with Gasteiger partial charge in [0.15, 0.2) is 0 Å². The summed E-state index contributed by atoms with van der Waals surface area (Å²) in [7, 11) is 0. The van der Waals surface area contributed by atoms with E-state index in [1.54, 1.807) is 0 Å². The zero-order chi connectivity index (χ0) is 12.1. The maximum atomic E-state index is 5.62. The maximum Gasteiger partial charge on any atom is 0.122 e. The van der Waals surface area contributed by atoms with E-state index in [0.717, 1.165) is 25.4 Å². The topological polar surface area (TPSA) is 28.4 Å². The van der Waals surface area contributed by atoms with Gasteiger partial charge < -0.3 is 9.73 Å². The molecule has 1 saturated heterocycles. The molecule has 1 aromatic heterocycles. The second-order valence-corrected chi connectivity index (χ2v) is 5.69. The van der Waals surface area contributed by atoms with Gasteiger partial charge in [0.2, 0.25) is 0 Å². The zero-order valence-corrected chi connectivity index (χ0v) is 11.6. The maximum absolute atomic E-state index is 5.62. The SMILES string of the molecule is CCNCc1ccoc1CN1CCSCC1C. The number of hydrogen-bond donors (Lipinski definition) is 1. The molecule has 0 bridgehead atoms.